The van der Waals surface area contributed by atoms with Gasteiger partial charge in [0, 0.05) is 6.54 Å². The van der Waals surface area contributed by atoms with Crippen LogP contribution in [0.2, 0.25) is 0 Å². The second kappa shape index (κ2) is 5.36. The molecule has 3 heterocycles. The molecule has 0 saturated carbocycles. The zero-order chi connectivity index (χ0) is 15.0. The summed E-state index contributed by atoms with van der Waals surface area (Å²) < 4.78 is 7.79. The Labute approximate surface area is 125 Å². The Morgan fingerprint density at radius 2 is 2.10 bits per heavy atom. The molecule has 7 nitrogen and oxygen atoms in total. The van der Waals surface area contributed by atoms with Gasteiger partial charge in [-0.15, -0.1) is 10.2 Å². The van der Waals surface area contributed by atoms with Crippen LogP contribution >= 0.6 is 11.5 Å². The van der Waals surface area contributed by atoms with Crippen LogP contribution in [0.3, 0.4) is 0 Å². The zero-order valence-corrected chi connectivity index (χ0v) is 13.0. The molecule has 0 amide bonds. The normalized spacial score (nSPS) is 11.4. The van der Waals surface area contributed by atoms with E-state index < -0.39 is 0 Å². The molecule has 0 saturated heterocycles. The number of nitrogens with zero attached hydrogens (tertiary/aromatic N) is 6. The number of aromatic nitrogens is 6. The Morgan fingerprint density at radius 1 is 1.29 bits per heavy atom. The maximum Gasteiger partial charge on any atom is 0.264 e. The van der Waals surface area contributed by atoms with Crippen molar-refractivity contribution in [1.82, 2.24) is 28.7 Å². The van der Waals surface area contributed by atoms with Crippen molar-refractivity contribution < 1.29 is 0 Å². The molecule has 0 fully saturated rings. The first kappa shape index (κ1) is 13.9. The first-order valence-electron chi connectivity index (χ1n) is 6.82. The SMILES string of the molecule is CCCn1c(C)nnc1Cn1cnc2snc(C)c2c1=O. The molecule has 0 unspecified atom stereocenters. The van der Waals surface area contributed by atoms with Gasteiger partial charge in [0.05, 0.1) is 24.0 Å². The lowest BCUT2D eigenvalue weighted by Crippen LogP contribution is -2.23. The van der Waals surface area contributed by atoms with E-state index in [0.29, 0.717) is 16.8 Å². The van der Waals surface area contributed by atoms with Crippen molar-refractivity contribution in [2.75, 3.05) is 0 Å². The van der Waals surface area contributed by atoms with Gasteiger partial charge in [-0.25, -0.2) is 4.98 Å². The third-order valence-corrected chi connectivity index (χ3v) is 4.25. The quantitative estimate of drug-likeness (QED) is 0.730. The molecule has 0 radical (unpaired) electrons. The van der Waals surface area contributed by atoms with Gasteiger partial charge in [-0.1, -0.05) is 6.92 Å². The lowest BCUT2D eigenvalue weighted by Gasteiger charge is -2.08. The summed E-state index contributed by atoms with van der Waals surface area (Å²) in [4.78, 5) is 17.5. The molecule has 21 heavy (non-hydrogen) atoms. The Kier molecular flexibility index (Phi) is 3.54. The van der Waals surface area contributed by atoms with E-state index in [1.54, 1.807) is 10.9 Å². The van der Waals surface area contributed by atoms with Gasteiger partial charge in [0.1, 0.15) is 5.82 Å². The van der Waals surface area contributed by atoms with E-state index in [1.807, 2.05) is 18.4 Å². The molecule has 3 rings (SSSR count). The van der Waals surface area contributed by atoms with E-state index in [2.05, 4.69) is 26.5 Å². The summed E-state index contributed by atoms with van der Waals surface area (Å²) in [5.41, 5.74) is 0.656. The van der Waals surface area contributed by atoms with Crippen LogP contribution < -0.4 is 5.56 Å². The fourth-order valence-corrected chi connectivity index (χ4v) is 3.07. The molecular weight excluding hydrogens is 288 g/mol. The van der Waals surface area contributed by atoms with Gasteiger partial charge in [0.15, 0.2) is 10.7 Å². The number of hydrogen-bond donors (Lipinski definition) is 0. The highest BCUT2D eigenvalue weighted by Crippen LogP contribution is 2.15. The maximum absolute atomic E-state index is 12.5. The average Bonchev–Trinajstić information content (AvgIpc) is 3.00. The molecule has 3 aromatic heterocycles. The summed E-state index contributed by atoms with van der Waals surface area (Å²) in [5.74, 6) is 1.64. The van der Waals surface area contributed by atoms with E-state index in [-0.39, 0.29) is 5.56 Å². The monoisotopic (exact) mass is 304 g/mol. The van der Waals surface area contributed by atoms with E-state index in [4.69, 9.17) is 0 Å². The van der Waals surface area contributed by atoms with Crippen LogP contribution in [0.15, 0.2) is 11.1 Å². The standard InChI is InChI=1S/C13H16N6OS/c1-4-5-19-9(3)15-16-10(19)6-18-7-14-12-11(13(18)20)8(2)17-21-12/h7H,4-6H2,1-3H3. The summed E-state index contributed by atoms with van der Waals surface area (Å²) in [6, 6.07) is 0. The van der Waals surface area contributed by atoms with Crippen molar-refractivity contribution in [2.45, 2.75) is 40.3 Å². The number of aryl methyl sites for hydroxylation is 2. The van der Waals surface area contributed by atoms with Crippen LogP contribution in [-0.4, -0.2) is 28.7 Å². The fourth-order valence-electron chi connectivity index (χ4n) is 2.33. The Hall–Kier alpha value is -2.09. The second-order valence-corrected chi connectivity index (χ2v) is 5.69. The largest absolute Gasteiger partial charge is 0.314 e. The molecule has 8 heteroatoms. The zero-order valence-electron chi connectivity index (χ0n) is 12.2. The molecular formula is C13H16N6OS. The molecule has 0 aliphatic carbocycles. The van der Waals surface area contributed by atoms with E-state index in [0.717, 1.165) is 30.3 Å². The molecule has 3 aromatic rings. The second-order valence-electron chi connectivity index (χ2n) is 4.94. The van der Waals surface area contributed by atoms with Gasteiger partial charge in [-0.3, -0.25) is 9.36 Å². The summed E-state index contributed by atoms with van der Waals surface area (Å²) in [6.07, 6.45) is 2.55. The van der Waals surface area contributed by atoms with E-state index in [9.17, 15) is 4.79 Å². The van der Waals surface area contributed by atoms with Crippen molar-refractivity contribution in [3.8, 4) is 0 Å². The first-order chi connectivity index (χ1) is 10.1. The third-order valence-electron chi connectivity index (χ3n) is 3.41. The van der Waals surface area contributed by atoms with Crippen LogP contribution in [-0.2, 0) is 13.1 Å². The highest BCUT2D eigenvalue weighted by molar-refractivity contribution is 7.12. The van der Waals surface area contributed by atoms with Crippen LogP contribution in [0.4, 0.5) is 0 Å². The molecule has 0 bridgehead atoms. The summed E-state index contributed by atoms with van der Waals surface area (Å²) >= 11 is 1.25. The topological polar surface area (TPSA) is 78.5 Å². The summed E-state index contributed by atoms with van der Waals surface area (Å²) in [6.45, 7) is 7.07. The maximum atomic E-state index is 12.5. The lowest BCUT2D eigenvalue weighted by atomic mass is 10.3. The van der Waals surface area contributed by atoms with Crippen molar-refractivity contribution in [2.24, 2.45) is 0 Å². The fraction of sp³-hybridized carbons (Fsp3) is 0.462. The minimum atomic E-state index is -0.0741. The summed E-state index contributed by atoms with van der Waals surface area (Å²) in [5, 5.41) is 8.87. The van der Waals surface area contributed by atoms with Gasteiger partial charge >= 0.3 is 0 Å². The Morgan fingerprint density at radius 3 is 2.86 bits per heavy atom. The highest BCUT2D eigenvalue weighted by Gasteiger charge is 2.13. The first-order valence-corrected chi connectivity index (χ1v) is 7.59. The smallest absolute Gasteiger partial charge is 0.264 e. The number of fused-ring (bicyclic) bond motifs is 1. The molecule has 0 N–H and O–H groups in total. The minimum Gasteiger partial charge on any atom is -0.314 e. The molecule has 0 aliphatic rings. The van der Waals surface area contributed by atoms with Crippen molar-refractivity contribution >= 4 is 21.7 Å². The number of rotatable bonds is 4. The van der Waals surface area contributed by atoms with Gasteiger partial charge in [0.2, 0.25) is 0 Å². The van der Waals surface area contributed by atoms with Gasteiger partial charge in [-0.05, 0) is 31.8 Å². The predicted octanol–water partition coefficient (Wildman–Crippen LogP) is 1.52. The third kappa shape index (κ3) is 2.35. The minimum absolute atomic E-state index is 0.0741. The van der Waals surface area contributed by atoms with Crippen molar-refractivity contribution in [1.29, 1.82) is 0 Å². The van der Waals surface area contributed by atoms with Crippen molar-refractivity contribution in [3.05, 3.63) is 34.0 Å². The van der Waals surface area contributed by atoms with Crippen LogP contribution in [0.25, 0.3) is 10.2 Å². The van der Waals surface area contributed by atoms with E-state index >= 15 is 0 Å². The lowest BCUT2D eigenvalue weighted by molar-refractivity contribution is 0.592. The Bertz CT molecular complexity index is 846. The molecule has 110 valence electrons. The van der Waals surface area contributed by atoms with Crippen LogP contribution in [0, 0.1) is 13.8 Å². The summed E-state index contributed by atoms with van der Waals surface area (Å²) in [7, 11) is 0. The van der Waals surface area contributed by atoms with Gasteiger partial charge in [-0.2, -0.15) is 4.37 Å². The Balaban J connectivity index is 2.04. The highest BCUT2D eigenvalue weighted by atomic mass is 32.1. The van der Waals surface area contributed by atoms with E-state index in [1.165, 1.54) is 11.5 Å². The average molecular weight is 304 g/mol. The van der Waals surface area contributed by atoms with Crippen LogP contribution in [0.5, 0.6) is 0 Å². The molecule has 0 aliphatic heterocycles. The molecule has 0 spiro atoms. The molecule has 0 atom stereocenters. The van der Waals surface area contributed by atoms with Gasteiger partial charge < -0.3 is 4.57 Å². The van der Waals surface area contributed by atoms with Gasteiger partial charge in [0.25, 0.3) is 5.56 Å². The molecule has 0 aromatic carbocycles. The number of hydrogen-bond acceptors (Lipinski definition) is 6. The van der Waals surface area contributed by atoms with Crippen molar-refractivity contribution in [3.63, 3.8) is 0 Å². The van der Waals surface area contributed by atoms with Crippen LogP contribution in [0.1, 0.15) is 30.7 Å². The predicted molar refractivity (Wildman–Crippen MR) is 80.6 cm³/mol.